The lowest BCUT2D eigenvalue weighted by molar-refractivity contribution is 0.0961. The molecule has 0 aliphatic carbocycles. The maximum absolute atomic E-state index is 12.2. The lowest BCUT2D eigenvalue weighted by atomic mass is 10.3. The molecule has 0 aromatic carbocycles. The number of carbonyl (C=O) groups is 1. The minimum Gasteiger partial charge on any atom is -0.272 e. The highest BCUT2D eigenvalue weighted by molar-refractivity contribution is 6.00. The van der Waals surface area contributed by atoms with Gasteiger partial charge in [-0.25, -0.2) is 14.5 Å². The fraction of sp³-hybridized carbons (Fsp3) is 0.167. The molecular weight excluding hydrogens is 230 g/mol. The zero-order valence-corrected chi connectivity index (χ0v) is 10.0. The third-order valence-corrected chi connectivity index (χ3v) is 2.75. The summed E-state index contributed by atoms with van der Waals surface area (Å²) in [7, 11) is 0. The van der Waals surface area contributed by atoms with E-state index in [2.05, 4.69) is 15.1 Å². The molecule has 3 heterocycles. The first-order valence-corrected chi connectivity index (χ1v) is 5.51. The Morgan fingerprint density at radius 1 is 1.33 bits per heavy atom. The van der Waals surface area contributed by atoms with Crippen molar-refractivity contribution in [3.63, 3.8) is 0 Å². The summed E-state index contributed by atoms with van der Waals surface area (Å²) < 4.78 is 3.08. The van der Waals surface area contributed by atoms with Crippen molar-refractivity contribution < 1.29 is 4.79 Å². The van der Waals surface area contributed by atoms with Crippen LogP contribution in [0.2, 0.25) is 0 Å². The molecular formula is C12H11N5O. The molecule has 0 saturated carbocycles. The third-order valence-electron chi connectivity index (χ3n) is 2.75. The Kier molecular flexibility index (Phi) is 2.22. The van der Waals surface area contributed by atoms with Gasteiger partial charge < -0.3 is 0 Å². The summed E-state index contributed by atoms with van der Waals surface area (Å²) in [6.07, 6.45) is 6.17. The number of nitrogens with zero attached hydrogens (tertiary/aromatic N) is 5. The Morgan fingerprint density at radius 2 is 2.17 bits per heavy atom. The molecule has 0 aliphatic rings. The highest BCUT2D eigenvalue weighted by Crippen LogP contribution is 2.13. The maximum atomic E-state index is 12.2. The number of aryl methyl sites for hydroxylation is 2. The van der Waals surface area contributed by atoms with E-state index in [9.17, 15) is 4.79 Å². The van der Waals surface area contributed by atoms with Crippen LogP contribution in [0.4, 0.5) is 0 Å². The van der Waals surface area contributed by atoms with Gasteiger partial charge in [0.2, 0.25) is 0 Å². The standard InChI is InChI=1S/C12H11N5O/c1-8-5-9(2)17-11(15-8)10(6-14-17)12(18)16-4-3-13-7-16/h3-7H,1-2H3. The first-order chi connectivity index (χ1) is 8.66. The smallest absolute Gasteiger partial charge is 0.268 e. The summed E-state index contributed by atoms with van der Waals surface area (Å²) in [4.78, 5) is 20.5. The lowest BCUT2D eigenvalue weighted by Crippen LogP contribution is -2.10. The molecule has 0 unspecified atom stereocenters. The van der Waals surface area contributed by atoms with Gasteiger partial charge in [0.05, 0.1) is 6.20 Å². The fourth-order valence-corrected chi connectivity index (χ4v) is 1.94. The average Bonchev–Trinajstić information content (AvgIpc) is 2.96. The zero-order chi connectivity index (χ0) is 12.7. The van der Waals surface area contributed by atoms with Crippen LogP contribution in [0.5, 0.6) is 0 Å². The minimum absolute atomic E-state index is 0.181. The van der Waals surface area contributed by atoms with Crippen LogP contribution in [0.15, 0.2) is 31.0 Å². The maximum Gasteiger partial charge on any atom is 0.268 e. The number of aromatic nitrogens is 5. The number of hydrogen-bond donors (Lipinski definition) is 0. The zero-order valence-electron chi connectivity index (χ0n) is 10.0. The van der Waals surface area contributed by atoms with Gasteiger partial charge in [-0.15, -0.1) is 0 Å². The van der Waals surface area contributed by atoms with Gasteiger partial charge in [-0.3, -0.25) is 9.36 Å². The second-order valence-corrected chi connectivity index (χ2v) is 4.11. The van der Waals surface area contributed by atoms with Crippen LogP contribution in [0, 0.1) is 13.8 Å². The molecule has 90 valence electrons. The highest BCUT2D eigenvalue weighted by atomic mass is 16.2. The van der Waals surface area contributed by atoms with Crippen molar-refractivity contribution in [2.45, 2.75) is 13.8 Å². The topological polar surface area (TPSA) is 65.1 Å². The molecule has 0 N–H and O–H groups in total. The molecule has 0 aliphatic heterocycles. The van der Waals surface area contributed by atoms with Gasteiger partial charge in [0.1, 0.15) is 11.9 Å². The van der Waals surface area contributed by atoms with Crippen LogP contribution in [0.3, 0.4) is 0 Å². The predicted molar refractivity (Wildman–Crippen MR) is 64.4 cm³/mol. The van der Waals surface area contributed by atoms with Gasteiger partial charge in [-0.2, -0.15) is 5.10 Å². The first-order valence-electron chi connectivity index (χ1n) is 5.51. The van der Waals surface area contributed by atoms with Crippen LogP contribution in [-0.2, 0) is 0 Å². The SMILES string of the molecule is Cc1cc(C)n2ncc(C(=O)n3ccnc3)c2n1. The second-order valence-electron chi connectivity index (χ2n) is 4.11. The van der Waals surface area contributed by atoms with Crippen molar-refractivity contribution >= 4 is 11.6 Å². The summed E-state index contributed by atoms with van der Waals surface area (Å²) in [5.41, 5.74) is 2.85. The predicted octanol–water partition coefficient (Wildman–Crippen LogP) is 1.23. The average molecular weight is 241 g/mol. The molecule has 0 radical (unpaired) electrons. The lowest BCUT2D eigenvalue weighted by Gasteiger charge is -2.02. The largest absolute Gasteiger partial charge is 0.272 e. The summed E-state index contributed by atoms with van der Waals surface area (Å²) in [5.74, 6) is -0.181. The van der Waals surface area contributed by atoms with Gasteiger partial charge in [-0.1, -0.05) is 0 Å². The quantitative estimate of drug-likeness (QED) is 0.642. The van der Waals surface area contributed by atoms with Gasteiger partial charge in [-0.05, 0) is 19.9 Å². The van der Waals surface area contributed by atoms with Crippen molar-refractivity contribution in [3.05, 3.63) is 47.9 Å². The van der Waals surface area contributed by atoms with E-state index in [0.717, 1.165) is 11.4 Å². The van der Waals surface area contributed by atoms with Crippen LogP contribution >= 0.6 is 0 Å². The van der Waals surface area contributed by atoms with Crippen LogP contribution in [0.25, 0.3) is 5.65 Å². The molecule has 3 aromatic rings. The van der Waals surface area contributed by atoms with Crippen molar-refractivity contribution in [3.8, 4) is 0 Å². The third kappa shape index (κ3) is 1.50. The number of imidazole rings is 1. The van der Waals surface area contributed by atoms with E-state index in [0.29, 0.717) is 11.2 Å². The van der Waals surface area contributed by atoms with E-state index in [1.807, 2.05) is 19.9 Å². The molecule has 0 atom stereocenters. The van der Waals surface area contributed by atoms with E-state index in [1.165, 1.54) is 17.1 Å². The Balaban J connectivity index is 2.22. The van der Waals surface area contributed by atoms with E-state index in [4.69, 9.17) is 0 Å². The molecule has 0 fully saturated rings. The summed E-state index contributed by atoms with van der Waals surface area (Å²) in [6.45, 7) is 3.83. The first kappa shape index (κ1) is 10.6. The van der Waals surface area contributed by atoms with E-state index >= 15 is 0 Å². The number of hydrogen-bond acceptors (Lipinski definition) is 4. The Hall–Kier alpha value is -2.50. The molecule has 6 heteroatoms. The summed E-state index contributed by atoms with van der Waals surface area (Å²) in [5, 5.41) is 4.19. The van der Waals surface area contributed by atoms with Gasteiger partial charge in [0, 0.05) is 23.8 Å². The van der Waals surface area contributed by atoms with Crippen molar-refractivity contribution in [1.82, 2.24) is 24.1 Å². The molecule has 0 bridgehead atoms. The summed E-state index contributed by atoms with van der Waals surface area (Å²) >= 11 is 0. The van der Waals surface area contributed by atoms with Gasteiger partial charge in [0.25, 0.3) is 5.91 Å². The van der Waals surface area contributed by atoms with Gasteiger partial charge >= 0.3 is 0 Å². The fourth-order valence-electron chi connectivity index (χ4n) is 1.94. The van der Waals surface area contributed by atoms with Crippen LogP contribution in [0.1, 0.15) is 21.7 Å². The van der Waals surface area contributed by atoms with E-state index < -0.39 is 0 Å². The van der Waals surface area contributed by atoms with Crippen LogP contribution < -0.4 is 0 Å². The summed E-state index contributed by atoms with van der Waals surface area (Å²) in [6, 6.07) is 1.92. The normalized spacial score (nSPS) is 11.0. The Morgan fingerprint density at radius 3 is 2.89 bits per heavy atom. The molecule has 0 spiro atoms. The van der Waals surface area contributed by atoms with Crippen molar-refractivity contribution in [2.75, 3.05) is 0 Å². The number of rotatable bonds is 1. The van der Waals surface area contributed by atoms with Crippen molar-refractivity contribution in [1.29, 1.82) is 0 Å². The monoisotopic (exact) mass is 241 g/mol. The minimum atomic E-state index is -0.181. The van der Waals surface area contributed by atoms with Crippen LogP contribution in [-0.4, -0.2) is 30.1 Å². The Bertz CT molecular complexity index is 726. The Labute approximate surface area is 103 Å². The highest BCUT2D eigenvalue weighted by Gasteiger charge is 2.16. The van der Waals surface area contributed by atoms with Crippen molar-refractivity contribution in [2.24, 2.45) is 0 Å². The molecule has 0 saturated heterocycles. The van der Waals surface area contributed by atoms with E-state index in [1.54, 1.807) is 16.9 Å². The molecule has 0 amide bonds. The number of carbonyl (C=O) groups excluding carboxylic acids is 1. The second kappa shape index (κ2) is 3.76. The van der Waals surface area contributed by atoms with E-state index in [-0.39, 0.29) is 5.91 Å². The number of fused-ring (bicyclic) bond motifs is 1. The molecule has 18 heavy (non-hydrogen) atoms. The molecule has 3 aromatic heterocycles. The molecule has 6 nitrogen and oxygen atoms in total. The molecule has 3 rings (SSSR count). The van der Waals surface area contributed by atoms with Gasteiger partial charge in [0.15, 0.2) is 5.65 Å².